The highest BCUT2D eigenvalue weighted by molar-refractivity contribution is 8.01. The van der Waals surface area contributed by atoms with Crippen molar-refractivity contribution in [2.24, 2.45) is 10.9 Å². The van der Waals surface area contributed by atoms with Gasteiger partial charge in [0, 0.05) is 19.5 Å². The van der Waals surface area contributed by atoms with Crippen LogP contribution in [-0.4, -0.2) is 42.4 Å². The maximum absolute atomic E-state index is 11.8. The molecule has 0 bridgehead atoms. The Kier molecular flexibility index (Phi) is 8.61. The first-order valence-electron chi connectivity index (χ1n) is 5.89. The maximum atomic E-state index is 11.8. The van der Waals surface area contributed by atoms with Crippen LogP contribution in [0.1, 0.15) is 19.8 Å². The average Bonchev–Trinajstić information content (AvgIpc) is 2.44. The highest BCUT2D eigenvalue weighted by Gasteiger charge is 2.17. The van der Waals surface area contributed by atoms with Gasteiger partial charge < -0.3 is 21.5 Å². The highest BCUT2D eigenvalue weighted by Crippen LogP contribution is 2.12. The van der Waals surface area contributed by atoms with Crippen molar-refractivity contribution in [3.8, 4) is 0 Å². The Balaban J connectivity index is 4.40. The molecule has 0 saturated carbocycles. The quantitative estimate of drug-likeness (QED) is 0.205. The minimum Gasteiger partial charge on any atom is -0.399 e. The minimum atomic E-state index is -0.661. The predicted octanol–water partition coefficient (Wildman–Crippen LogP) is -1.64. The molecule has 8 nitrogen and oxygen atoms in total. The molecule has 0 aliphatic heterocycles. The van der Waals surface area contributed by atoms with Crippen LogP contribution in [0.25, 0.3) is 0 Å². The zero-order valence-corrected chi connectivity index (χ0v) is 12.3. The second kappa shape index (κ2) is 9.34. The molecule has 0 aromatic heterocycles. The van der Waals surface area contributed by atoms with Crippen molar-refractivity contribution >= 4 is 29.5 Å². The van der Waals surface area contributed by atoms with E-state index in [2.05, 4.69) is 10.6 Å². The van der Waals surface area contributed by atoms with E-state index >= 15 is 0 Å². The lowest BCUT2D eigenvalue weighted by Gasteiger charge is -2.15. The maximum Gasteiger partial charge on any atom is 0.287 e. The molecule has 114 valence electrons. The van der Waals surface area contributed by atoms with E-state index in [-0.39, 0.29) is 23.1 Å². The summed E-state index contributed by atoms with van der Waals surface area (Å²) in [6.45, 7) is 1.21. The zero-order valence-electron chi connectivity index (χ0n) is 11.4. The number of nitrogens with one attached hydrogen (secondary N) is 2. The van der Waals surface area contributed by atoms with Crippen LogP contribution in [0.15, 0.2) is 10.6 Å². The lowest BCUT2D eigenvalue weighted by atomic mass is 10.1. The number of rotatable bonds is 8. The number of hydrogen-bond acceptors (Lipinski definition) is 7. The van der Waals surface area contributed by atoms with Gasteiger partial charge in [-0.05, 0) is 25.3 Å². The summed E-state index contributed by atoms with van der Waals surface area (Å²) < 4.78 is 0. The van der Waals surface area contributed by atoms with Gasteiger partial charge in [0.15, 0.2) is 0 Å². The standard InChI is InChI=1S/C11H20N4O4S/c1-6(3-4-8(17)10(18)14-2)15-11(19)9(20-13)7(12)5-16/h6,16H,3-5,12-13H2,1-2H3,(H,14,18)(H,15,19)/b9-7-. The number of ketones is 1. The van der Waals surface area contributed by atoms with E-state index in [1.165, 1.54) is 7.05 Å². The summed E-state index contributed by atoms with van der Waals surface area (Å²) in [7, 11) is 1.37. The van der Waals surface area contributed by atoms with Gasteiger partial charge in [-0.2, -0.15) is 0 Å². The van der Waals surface area contributed by atoms with Crippen molar-refractivity contribution in [3.63, 3.8) is 0 Å². The Labute approximate surface area is 121 Å². The van der Waals surface area contributed by atoms with E-state index in [0.29, 0.717) is 18.4 Å². The number of carbonyl (C=O) groups excluding carboxylic acids is 3. The van der Waals surface area contributed by atoms with Crippen LogP contribution in [0.3, 0.4) is 0 Å². The molecule has 0 aromatic carbocycles. The summed E-state index contributed by atoms with van der Waals surface area (Å²) in [5.74, 6) is -1.73. The summed E-state index contributed by atoms with van der Waals surface area (Å²) in [5, 5.41) is 19.0. The fourth-order valence-corrected chi connectivity index (χ4v) is 1.69. The monoisotopic (exact) mass is 304 g/mol. The van der Waals surface area contributed by atoms with Crippen molar-refractivity contribution in [1.82, 2.24) is 10.6 Å². The van der Waals surface area contributed by atoms with Crippen LogP contribution in [0.5, 0.6) is 0 Å². The molecule has 0 spiro atoms. The molecular formula is C11H20N4O4S. The van der Waals surface area contributed by atoms with Crippen molar-refractivity contribution in [1.29, 1.82) is 0 Å². The van der Waals surface area contributed by atoms with Crippen LogP contribution in [0, 0.1) is 0 Å². The van der Waals surface area contributed by atoms with Gasteiger partial charge in [0.25, 0.3) is 11.8 Å². The third kappa shape index (κ3) is 6.04. The van der Waals surface area contributed by atoms with Crippen molar-refractivity contribution in [2.45, 2.75) is 25.8 Å². The molecule has 1 unspecified atom stereocenters. The van der Waals surface area contributed by atoms with Crippen molar-refractivity contribution in [3.05, 3.63) is 10.6 Å². The number of aliphatic hydroxyl groups is 1. The van der Waals surface area contributed by atoms with E-state index in [0.717, 1.165) is 0 Å². The molecule has 0 fully saturated rings. The van der Waals surface area contributed by atoms with Crippen LogP contribution >= 0.6 is 11.9 Å². The van der Waals surface area contributed by atoms with Gasteiger partial charge in [-0.25, -0.2) is 0 Å². The van der Waals surface area contributed by atoms with Crippen LogP contribution < -0.4 is 21.5 Å². The molecule has 9 heteroatoms. The van der Waals surface area contributed by atoms with E-state index in [9.17, 15) is 14.4 Å². The Hall–Kier alpha value is -1.58. The van der Waals surface area contributed by atoms with E-state index < -0.39 is 24.2 Å². The first kappa shape index (κ1) is 18.4. The minimum absolute atomic E-state index is 0.0193. The summed E-state index contributed by atoms with van der Waals surface area (Å²) >= 11 is 0.637. The second-order valence-corrected chi connectivity index (χ2v) is 4.69. The van der Waals surface area contributed by atoms with Gasteiger partial charge in [-0.3, -0.25) is 19.5 Å². The topological polar surface area (TPSA) is 148 Å². The molecular weight excluding hydrogens is 284 g/mol. The van der Waals surface area contributed by atoms with Crippen LogP contribution in [-0.2, 0) is 14.4 Å². The number of amides is 2. The zero-order chi connectivity index (χ0) is 15.7. The van der Waals surface area contributed by atoms with Gasteiger partial charge in [0.1, 0.15) is 4.91 Å². The molecule has 0 aliphatic rings. The number of hydrogen-bond donors (Lipinski definition) is 5. The highest BCUT2D eigenvalue weighted by atomic mass is 32.2. The summed E-state index contributed by atoms with van der Waals surface area (Å²) in [6, 6.07) is -0.343. The van der Waals surface area contributed by atoms with Crippen molar-refractivity contribution in [2.75, 3.05) is 13.7 Å². The fourth-order valence-electron chi connectivity index (χ4n) is 1.31. The fraction of sp³-hybridized carbons (Fsp3) is 0.545. The van der Waals surface area contributed by atoms with Gasteiger partial charge >= 0.3 is 0 Å². The molecule has 20 heavy (non-hydrogen) atoms. The number of likely N-dealkylation sites (N-methyl/N-ethyl adjacent to an activating group) is 1. The molecule has 0 heterocycles. The Morgan fingerprint density at radius 3 is 2.35 bits per heavy atom. The third-order valence-corrected chi connectivity index (χ3v) is 3.13. The smallest absolute Gasteiger partial charge is 0.287 e. The molecule has 0 saturated heterocycles. The molecule has 7 N–H and O–H groups in total. The van der Waals surface area contributed by atoms with Crippen LogP contribution in [0.2, 0.25) is 0 Å². The molecule has 2 amide bonds. The lowest BCUT2D eigenvalue weighted by molar-refractivity contribution is -0.137. The van der Waals surface area contributed by atoms with E-state index in [1.54, 1.807) is 6.92 Å². The first-order chi connectivity index (χ1) is 9.37. The SMILES string of the molecule is CNC(=O)C(=O)CCC(C)NC(=O)/C(SN)=C(/N)CO. The number of aliphatic hydroxyl groups excluding tert-OH is 1. The largest absolute Gasteiger partial charge is 0.399 e. The molecule has 0 rings (SSSR count). The van der Waals surface area contributed by atoms with E-state index in [1.807, 2.05) is 0 Å². The number of carbonyl (C=O) groups is 3. The lowest BCUT2D eigenvalue weighted by Crippen LogP contribution is -2.36. The molecule has 0 aromatic rings. The molecule has 1 atom stereocenters. The third-order valence-electron chi connectivity index (χ3n) is 2.45. The first-order valence-corrected chi connectivity index (χ1v) is 6.77. The average molecular weight is 304 g/mol. The Bertz CT molecular complexity index is 411. The summed E-state index contributed by atoms with van der Waals surface area (Å²) in [6.07, 6.45) is 0.324. The Morgan fingerprint density at radius 2 is 1.90 bits per heavy atom. The summed E-state index contributed by atoms with van der Waals surface area (Å²) in [5.41, 5.74) is 5.42. The number of Topliss-reactive ketones (excluding diaryl/α,β-unsaturated/α-hetero) is 1. The predicted molar refractivity (Wildman–Crippen MR) is 76.0 cm³/mol. The van der Waals surface area contributed by atoms with E-state index in [4.69, 9.17) is 16.0 Å². The number of nitrogens with two attached hydrogens (primary N) is 2. The second-order valence-electron chi connectivity index (χ2n) is 4.05. The summed E-state index contributed by atoms with van der Waals surface area (Å²) in [4.78, 5) is 34.1. The van der Waals surface area contributed by atoms with Gasteiger partial charge in [-0.1, -0.05) is 0 Å². The normalized spacial score (nSPS) is 13.2. The van der Waals surface area contributed by atoms with Crippen LogP contribution in [0.4, 0.5) is 0 Å². The van der Waals surface area contributed by atoms with Crippen molar-refractivity contribution < 1.29 is 19.5 Å². The van der Waals surface area contributed by atoms with Gasteiger partial charge in [0.2, 0.25) is 5.78 Å². The molecule has 0 aliphatic carbocycles. The Morgan fingerprint density at radius 1 is 1.30 bits per heavy atom. The molecule has 0 radical (unpaired) electrons. The van der Waals surface area contributed by atoms with Gasteiger partial charge in [-0.15, -0.1) is 0 Å². The van der Waals surface area contributed by atoms with Gasteiger partial charge in [0.05, 0.1) is 12.3 Å².